The van der Waals surface area contributed by atoms with Gasteiger partial charge >= 0.3 is 0 Å². The predicted molar refractivity (Wildman–Crippen MR) is 102 cm³/mol. The van der Waals surface area contributed by atoms with Crippen LogP contribution in [0.1, 0.15) is 34.1 Å². The predicted octanol–water partition coefficient (Wildman–Crippen LogP) is 4.01. The Morgan fingerprint density at radius 3 is 2.54 bits per heavy atom. The van der Waals surface area contributed by atoms with E-state index in [-0.39, 0.29) is 17.3 Å². The second-order valence-corrected chi connectivity index (χ2v) is 6.28. The van der Waals surface area contributed by atoms with E-state index in [0.717, 1.165) is 17.5 Å². The molecule has 0 saturated carbocycles. The van der Waals surface area contributed by atoms with E-state index in [1.54, 1.807) is 13.0 Å². The molecule has 0 saturated heterocycles. The zero-order valence-electron chi connectivity index (χ0n) is 15.6. The Labute approximate surface area is 153 Å². The lowest BCUT2D eigenvalue weighted by Crippen LogP contribution is -2.24. The molecule has 6 heteroatoms. The Balaban J connectivity index is 2.99. The molecule has 0 radical (unpaired) electrons. The van der Waals surface area contributed by atoms with Crippen LogP contribution < -0.4 is 10.6 Å². The number of anilines is 1. The van der Waals surface area contributed by atoms with Gasteiger partial charge in [0.15, 0.2) is 6.29 Å². The van der Waals surface area contributed by atoms with Crippen LogP contribution in [0.3, 0.4) is 0 Å². The van der Waals surface area contributed by atoms with Crippen LogP contribution in [0.15, 0.2) is 59.3 Å². The SMILES string of the molecule is C/C(=C\CC(C)/C(C)=C/O)N/C(C=O)=C(\Nc1cccc(F)c1)C(C)O. The minimum absolute atomic E-state index is 0.155. The standard InChI is InChI=1S/C20H27FN2O3/c1-13(14(2)11-24)8-9-15(3)22-19(12-25)20(16(4)26)23-18-7-5-6-17(21)10-18/h5-7,9-13,16,22-24,26H,8H2,1-4H3/b14-11+,15-9+,20-19-. The van der Waals surface area contributed by atoms with Gasteiger partial charge in [-0.15, -0.1) is 0 Å². The molecule has 2 unspecified atom stereocenters. The van der Waals surface area contributed by atoms with Crippen molar-refractivity contribution < 1.29 is 19.4 Å². The highest BCUT2D eigenvalue weighted by Gasteiger charge is 2.13. The molecule has 0 bridgehead atoms. The second kappa shape index (κ2) is 10.4. The van der Waals surface area contributed by atoms with E-state index < -0.39 is 11.9 Å². The summed E-state index contributed by atoms with van der Waals surface area (Å²) in [6, 6.07) is 5.77. The van der Waals surface area contributed by atoms with Crippen LogP contribution in [0.2, 0.25) is 0 Å². The van der Waals surface area contributed by atoms with Gasteiger partial charge in [0.05, 0.1) is 18.1 Å². The summed E-state index contributed by atoms with van der Waals surface area (Å²) in [5.41, 5.74) is 2.43. The highest BCUT2D eigenvalue weighted by atomic mass is 19.1. The first kappa shape index (κ1) is 21.4. The number of allylic oxidation sites excluding steroid dienone is 4. The van der Waals surface area contributed by atoms with Gasteiger partial charge in [-0.05, 0) is 56.9 Å². The summed E-state index contributed by atoms with van der Waals surface area (Å²) in [6.07, 6.45) is 3.32. The van der Waals surface area contributed by atoms with Crippen LogP contribution in [0.25, 0.3) is 0 Å². The number of halogens is 1. The van der Waals surface area contributed by atoms with Crippen LogP contribution >= 0.6 is 0 Å². The molecule has 2 atom stereocenters. The van der Waals surface area contributed by atoms with E-state index in [9.17, 15) is 14.3 Å². The van der Waals surface area contributed by atoms with Crippen LogP contribution in [0.5, 0.6) is 0 Å². The topological polar surface area (TPSA) is 81.6 Å². The summed E-state index contributed by atoms with van der Waals surface area (Å²) in [5, 5.41) is 24.9. The number of aldehydes is 1. The van der Waals surface area contributed by atoms with Crippen molar-refractivity contribution in [3.8, 4) is 0 Å². The highest BCUT2D eigenvalue weighted by molar-refractivity contribution is 5.76. The Bertz CT molecular complexity index is 709. The van der Waals surface area contributed by atoms with Crippen molar-refractivity contribution in [1.29, 1.82) is 0 Å². The molecule has 5 nitrogen and oxygen atoms in total. The van der Waals surface area contributed by atoms with Crippen molar-refractivity contribution in [3.63, 3.8) is 0 Å². The third-order valence-electron chi connectivity index (χ3n) is 4.02. The maximum Gasteiger partial charge on any atom is 0.168 e. The maximum atomic E-state index is 13.3. The number of nitrogens with one attached hydrogen (secondary N) is 2. The Morgan fingerprint density at radius 1 is 1.31 bits per heavy atom. The lowest BCUT2D eigenvalue weighted by atomic mass is 10.00. The van der Waals surface area contributed by atoms with Crippen molar-refractivity contribution >= 4 is 12.0 Å². The van der Waals surface area contributed by atoms with Crippen molar-refractivity contribution in [2.45, 2.75) is 40.2 Å². The van der Waals surface area contributed by atoms with Crippen molar-refractivity contribution in [2.75, 3.05) is 5.32 Å². The average molecular weight is 362 g/mol. The highest BCUT2D eigenvalue weighted by Crippen LogP contribution is 2.17. The monoisotopic (exact) mass is 362 g/mol. The van der Waals surface area contributed by atoms with E-state index in [2.05, 4.69) is 10.6 Å². The first-order chi connectivity index (χ1) is 12.3. The van der Waals surface area contributed by atoms with Gasteiger partial charge in [-0.25, -0.2) is 4.39 Å². The molecule has 1 aromatic rings. The molecule has 0 aliphatic rings. The van der Waals surface area contributed by atoms with Crippen molar-refractivity contribution in [1.82, 2.24) is 5.32 Å². The molecule has 142 valence electrons. The smallest absolute Gasteiger partial charge is 0.168 e. The normalized spacial score (nSPS) is 15.8. The molecular weight excluding hydrogens is 335 g/mol. The largest absolute Gasteiger partial charge is 0.516 e. The fourth-order valence-corrected chi connectivity index (χ4v) is 2.21. The van der Waals surface area contributed by atoms with Gasteiger partial charge in [-0.2, -0.15) is 0 Å². The number of benzene rings is 1. The molecule has 0 heterocycles. The van der Waals surface area contributed by atoms with Gasteiger partial charge in [0.2, 0.25) is 0 Å². The second-order valence-electron chi connectivity index (χ2n) is 6.28. The number of hydrogen-bond donors (Lipinski definition) is 4. The first-order valence-electron chi connectivity index (χ1n) is 8.43. The van der Waals surface area contributed by atoms with Gasteiger partial charge in [0.1, 0.15) is 11.5 Å². The van der Waals surface area contributed by atoms with Gasteiger partial charge in [-0.1, -0.05) is 19.1 Å². The van der Waals surface area contributed by atoms with E-state index in [1.165, 1.54) is 25.1 Å². The third kappa shape index (κ3) is 6.72. The van der Waals surface area contributed by atoms with E-state index >= 15 is 0 Å². The van der Waals surface area contributed by atoms with Gasteiger partial charge in [0.25, 0.3) is 0 Å². The number of aliphatic hydroxyl groups is 2. The lowest BCUT2D eigenvalue weighted by molar-refractivity contribution is -0.105. The molecule has 4 N–H and O–H groups in total. The van der Waals surface area contributed by atoms with Crippen molar-refractivity contribution in [2.24, 2.45) is 5.92 Å². The van der Waals surface area contributed by atoms with Gasteiger partial charge in [0, 0.05) is 11.4 Å². The molecule has 26 heavy (non-hydrogen) atoms. The molecule has 1 aromatic carbocycles. The number of aliphatic hydroxyl groups excluding tert-OH is 2. The molecule has 0 aromatic heterocycles. The molecule has 0 spiro atoms. The Morgan fingerprint density at radius 2 is 2.00 bits per heavy atom. The number of carbonyl (C=O) groups excluding carboxylic acids is 1. The summed E-state index contributed by atoms with van der Waals surface area (Å²) in [5.74, 6) is -0.264. The van der Waals surface area contributed by atoms with E-state index in [1.807, 2.05) is 19.9 Å². The molecule has 0 aliphatic carbocycles. The van der Waals surface area contributed by atoms with Crippen molar-refractivity contribution in [3.05, 3.63) is 65.1 Å². The average Bonchev–Trinajstić information content (AvgIpc) is 2.61. The maximum absolute atomic E-state index is 13.3. The van der Waals surface area contributed by atoms with Crippen LogP contribution in [-0.4, -0.2) is 22.6 Å². The summed E-state index contributed by atoms with van der Waals surface area (Å²) < 4.78 is 13.3. The lowest BCUT2D eigenvalue weighted by Gasteiger charge is -2.18. The molecule has 0 amide bonds. The minimum Gasteiger partial charge on any atom is -0.516 e. The molecule has 0 aliphatic heterocycles. The number of hydrogen-bond acceptors (Lipinski definition) is 5. The summed E-state index contributed by atoms with van der Waals surface area (Å²) in [7, 11) is 0. The zero-order chi connectivity index (χ0) is 19.7. The van der Waals surface area contributed by atoms with Crippen LogP contribution in [0.4, 0.5) is 10.1 Å². The Hall–Kier alpha value is -2.60. The quantitative estimate of drug-likeness (QED) is 0.303. The van der Waals surface area contributed by atoms with Crippen LogP contribution in [0, 0.1) is 11.7 Å². The van der Waals surface area contributed by atoms with Gasteiger partial charge in [-0.3, -0.25) is 4.79 Å². The fourth-order valence-electron chi connectivity index (χ4n) is 2.21. The van der Waals surface area contributed by atoms with E-state index in [4.69, 9.17) is 5.11 Å². The third-order valence-corrected chi connectivity index (χ3v) is 4.02. The first-order valence-corrected chi connectivity index (χ1v) is 8.43. The number of carbonyl (C=O) groups is 1. The summed E-state index contributed by atoms with van der Waals surface area (Å²) in [4.78, 5) is 11.5. The molecule has 1 rings (SSSR count). The number of rotatable bonds is 9. The molecular formula is C20H27FN2O3. The zero-order valence-corrected chi connectivity index (χ0v) is 15.6. The Kier molecular flexibility index (Phi) is 8.58. The van der Waals surface area contributed by atoms with Gasteiger partial charge < -0.3 is 20.8 Å². The van der Waals surface area contributed by atoms with Crippen LogP contribution in [-0.2, 0) is 4.79 Å². The minimum atomic E-state index is -0.961. The van der Waals surface area contributed by atoms with E-state index in [0.29, 0.717) is 18.4 Å². The molecule has 0 fully saturated rings. The fraction of sp³-hybridized carbons (Fsp3) is 0.350. The summed E-state index contributed by atoms with van der Waals surface area (Å²) >= 11 is 0. The summed E-state index contributed by atoms with van der Waals surface area (Å²) in [6.45, 7) is 7.14.